The van der Waals surface area contributed by atoms with Crippen LogP contribution in [0.1, 0.15) is 15.9 Å². The molecule has 11 heteroatoms. The van der Waals surface area contributed by atoms with E-state index in [0.29, 0.717) is 24.7 Å². The van der Waals surface area contributed by atoms with E-state index in [1.165, 1.54) is 39.5 Å². The molecule has 0 radical (unpaired) electrons. The van der Waals surface area contributed by atoms with Crippen LogP contribution in [0.3, 0.4) is 0 Å². The van der Waals surface area contributed by atoms with Gasteiger partial charge in [-0.15, -0.1) is 0 Å². The fourth-order valence-electron chi connectivity index (χ4n) is 3.48. The first-order valence-electron chi connectivity index (χ1n) is 9.52. The second-order valence-corrected chi connectivity index (χ2v) is 9.02. The van der Waals surface area contributed by atoms with E-state index in [9.17, 15) is 26.4 Å². The van der Waals surface area contributed by atoms with Crippen molar-refractivity contribution in [1.82, 2.24) is 9.21 Å². The smallest absolute Gasteiger partial charge is 0.416 e. The van der Waals surface area contributed by atoms with Crippen molar-refractivity contribution in [3.63, 3.8) is 0 Å². The molecule has 0 unspecified atom stereocenters. The third-order valence-electron chi connectivity index (χ3n) is 5.11. The summed E-state index contributed by atoms with van der Waals surface area (Å²) < 4.78 is 76.8. The van der Waals surface area contributed by atoms with Crippen molar-refractivity contribution >= 4 is 15.9 Å². The van der Waals surface area contributed by atoms with Crippen molar-refractivity contribution in [3.8, 4) is 11.5 Å². The highest BCUT2D eigenvalue weighted by molar-refractivity contribution is 7.89. The minimum absolute atomic E-state index is 0.0292. The van der Waals surface area contributed by atoms with E-state index in [2.05, 4.69) is 0 Å². The van der Waals surface area contributed by atoms with Crippen LogP contribution in [0.2, 0.25) is 0 Å². The number of halogens is 3. The van der Waals surface area contributed by atoms with Crippen molar-refractivity contribution in [2.24, 2.45) is 0 Å². The van der Waals surface area contributed by atoms with Gasteiger partial charge in [0.15, 0.2) is 11.5 Å². The molecular formula is C20H19F3N2O5S. The zero-order valence-electron chi connectivity index (χ0n) is 16.3. The predicted molar refractivity (Wildman–Crippen MR) is 104 cm³/mol. The van der Waals surface area contributed by atoms with Crippen LogP contribution in [0.5, 0.6) is 11.5 Å². The topological polar surface area (TPSA) is 76.2 Å². The van der Waals surface area contributed by atoms with Gasteiger partial charge in [-0.05, 0) is 30.3 Å². The lowest BCUT2D eigenvalue weighted by molar-refractivity contribution is -0.137. The molecular weight excluding hydrogens is 437 g/mol. The van der Waals surface area contributed by atoms with Crippen molar-refractivity contribution in [2.75, 3.05) is 39.4 Å². The normalized spacial score (nSPS) is 17.5. The van der Waals surface area contributed by atoms with Crippen molar-refractivity contribution < 1.29 is 35.9 Å². The summed E-state index contributed by atoms with van der Waals surface area (Å²) in [6, 6.07) is 8.57. The Bertz CT molecular complexity index is 1100. The number of hydrogen-bond donors (Lipinski definition) is 0. The lowest BCUT2D eigenvalue weighted by atomic mass is 10.1. The number of fused-ring (bicyclic) bond motifs is 1. The first-order chi connectivity index (χ1) is 14.7. The largest absolute Gasteiger partial charge is 0.486 e. The standard InChI is InChI=1S/C20H19F3N2O5S/c21-20(22,23)15-3-1-2-14(12-15)19(26)24-6-8-25(9-7-24)31(27,28)16-4-5-17-18(13-16)30-11-10-29-17/h1-5,12-13H,6-11H2. The molecule has 0 N–H and O–H groups in total. The molecule has 1 fully saturated rings. The van der Waals surface area contributed by atoms with Gasteiger partial charge in [-0.2, -0.15) is 17.5 Å². The summed E-state index contributed by atoms with van der Waals surface area (Å²) in [6.07, 6.45) is -4.55. The zero-order chi connectivity index (χ0) is 22.2. The average molecular weight is 456 g/mol. The van der Waals surface area contributed by atoms with Crippen molar-refractivity contribution in [1.29, 1.82) is 0 Å². The molecule has 1 saturated heterocycles. The van der Waals surface area contributed by atoms with E-state index in [1.807, 2.05) is 0 Å². The minimum atomic E-state index is -4.55. The highest BCUT2D eigenvalue weighted by atomic mass is 32.2. The summed E-state index contributed by atoms with van der Waals surface area (Å²) in [5, 5.41) is 0. The second-order valence-electron chi connectivity index (χ2n) is 7.08. The predicted octanol–water partition coefficient (Wildman–Crippen LogP) is 2.62. The van der Waals surface area contributed by atoms with Crippen LogP contribution in [-0.4, -0.2) is 62.9 Å². The summed E-state index contributed by atoms with van der Waals surface area (Å²) in [6.45, 7) is 0.911. The maximum Gasteiger partial charge on any atom is 0.416 e. The van der Waals surface area contributed by atoms with Crippen molar-refractivity contribution in [2.45, 2.75) is 11.1 Å². The molecule has 0 atom stereocenters. The summed E-state index contributed by atoms with van der Waals surface area (Å²) in [4.78, 5) is 14.0. The van der Waals surface area contributed by atoms with Crippen LogP contribution in [0.15, 0.2) is 47.4 Å². The maximum atomic E-state index is 13.0. The average Bonchev–Trinajstić information content (AvgIpc) is 2.78. The van der Waals surface area contributed by atoms with Crippen LogP contribution < -0.4 is 9.47 Å². The Kier molecular flexibility index (Phi) is 5.56. The first-order valence-corrected chi connectivity index (χ1v) is 11.0. The van der Waals surface area contributed by atoms with Crippen LogP contribution >= 0.6 is 0 Å². The molecule has 0 aromatic heterocycles. The molecule has 4 rings (SSSR count). The quantitative estimate of drug-likeness (QED) is 0.710. The number of amides is 1. The number of nitrogens with zero attached hydrogens (tertiary/aromatic N) is 2. The maximum absolute atomic E-state index is 13.0. The van der Waals surface area contributed by atoms with Gasteiger partial charge in [0.05, 0.1) is 10.5 Å². The Labute approximate surface area is 177 Å². The Balaban J connectivity index is 1.45. The fraction of sp³-hybridized carbons (Fsp3) is 0.350. The number of rotatable bonds is 3. The van der Waals surface area contributed by atoms with E-state index in [-0.39, 0.29) is 36.6 Å². The summed E-state index contributed by atoms with van der Waals surface area (Å²) in [7, 11) is -3.82. The van der Waals surface area contributed by atoms with Gasteiger partial charge in [-0.25, -0.2) is 8.42 Å². The van der Waals surface area contributed by atoms with Gasteiger partial charge >= 0.3 is 6.18 Å². The number of hydrogen-bond acceptors (Lipinski definition) is 5. The Morgan fingerprint density at radius 3 is 2.26 bits per heavy atom. The lowest BCUT2D eigenvalue weighted by Crippen LogP contribution is -2.50. The lowest BCUT2D eigenvalue weighted by Gasteiger charge is -2.34. The first kappa shape index (κ1) is 21.4. The third-order valence-corrected chi connectivity index (χ3v) is 7.01. The SMILES string of the molecule is O=C(c1cccc(C(F)(F)F)c1)N1CCN(S(=O)(=O)c2ccc3c(c2)OCCO3)CC1. The van der Waals surface area contributed by atoms with Gasteiger partial charge in [0.2, 0.25) is 10.0 Å². The molecule has 2 aromatic rings. The molecule has 0 bridgehead atoms. The van der Waals surface area contributed by atoms with Gasteiger partial charge in [0.25, 0.3) is 5.91 Å². The van der Waals surface area contributed by atoms with Crippen LogP contribution in [0.4, 0.5) is 13.2 Å². The van der Waals surface area contributed by atoms with Gasteiger partial charge in [0.1, 0.15) is 13.2 Å². The summed E-state index contributed by atoms with van der Waals surface area (Å²) in [5.74, 6) is 0.259. The Morgan fingerprint density at radius 1 is 0.903 bits per heavy atom. The number of ether oxygens (including phenoxy) is 2. The molecule has 31 heavy (non-hydrogen) atoms. The molecule has 7 nitrogen and oxygen atoms in total. The highest BCUT2D eigenvalue weighted by Crippen LogP contribution is 2.33. The van der Waals surface area contributed by atoms with Crippen LogP contribution in [0, 0.1) is 0 Å². The van der Waals surface area contributed by atoms with Gasteiger partial charge in [-0.1, -0.05) is 6.07 Å². The number of sulfonamides is 1. The number of piperazine rings is 1. The van der Waals surface area contributed by atoms with Crippen molar-refractivity contribution in [3.05, 3.63) is 53.6 Å². The number of benzene rings is 2. The van der Waals surface area contributed by atoms with Gasteiger partial charge in [0, 0.05) is 37.8 Å². The van der Waals surface area contributed by atoms with Gasteiger partial charge in [-0.3, -0.25) is 4.79 Å². The highest BCUT2D eigenvalue weighted by Gasteiger charge is 2.33. The number of carbonyl (C=O) groups excluding carboxylic acids is 1. The molecule has 166 valence electrons. The number of alkyl halides is 3. The molecule has 1 amide bonds. The van der Waals surface area contributed by atoms with E-state index in [0.717, 1.165) is 12.1 Å². The monoisotopic (exact) mass is 456 g/mol. The molecule has 2 aliphatic heterocycles. The second kappa shape index (κ2) is 8.04. The molecule has 2 aromatic carbocycles. The molecule has 0 saturated carbocycles. The van der Waals surface area contributed by atoms with Gasteiger partial charge < -0.3 is 14.4 Å². The van der Waals surface area contributed by atoms with E-state index < -0.39 is 27.7 Å². The van der Waals surface area contributed by atoms with E-state index in [4.69, 9.17) is 9.47 Å². The third kappa shape index (κ3) is 4.33. The zero-order valence-corrected chi connectivity index (χ0v) is 17.1. The fourth-order valence-corrected chi connectivity index (χ4v) is 4.91. The molecule has 2 heterocycles. The van der Waals surface area contributed by atoms with Crippen LogP contribution in [-0.2, 0) is 16.2 Å². The number of carbonyl (C=O) groups is 1. The van der Waals surface area contributed by atoms with E-state index in [1.54, 1.807) is 0 Å². The Hall–Kier alpha value is -2.79. The molecule has 0 aliphatic carbocycles. The Morgan fingerprint density at radius 2 is 1.58 bits per heavy atom. The molecule has 2 aliphatic rings. The molecule has 0 spiro atoms. The van der Waals surface area contributed by atoms with E-state index >= 15 is 0 Å². The summed E-state index contributed by atoms with van der Waals surface area (Å²) in [5.41, 5.74) is -0.990. The minimum Gasteiger partial charge on any atom is -0.486 e. The summed E-state index contributed by atoms with van der Waals surface area (Å²) >= 11 is 0. The van der Waals surface area contributed by atoms with Crippen LogP contribution in [0.25, 0.3) is 0 Å².